The predicted octanol–water partition coefficient (Wildman–Crippen LogP) is 8.47. The van der Waals surface area contributed by atoms with Crippen LogP contribution in [0.15, 0.2) is 48.6 Å². The molecule has 0 radical (unpaired) electrons. The van der Waals surface area contributed by atoms with Gasteiger partial charge in [-0.15, -0.1) is 0 Å². The van der Waals surface area contributed by atoms with Gasteiger partial charge in [0.1, 0.15) is 19.3 Å². The van der Waals surface area contributed by atoms with E-state index in [1.165, 1.54) is 57.8 Å². The maximum atomic E-state index is 11.9. The largest absolute Gasteiger partial charge is 0.463 e. The Bertz CT molecular complexity index is 724. The number of unbranched alkanes of at least 4 members (excludes halogenated alkanes) is 12. The number of hydrogen-bond acceptors (Lipinski definition) is 6. The van der Waals surface area contributed by atoms with E-state index in [0.717, 1.165) is 38.5 Å². The number of hydrogen-bond donors (Lipinski definition) is 2. The summed E-state index contributed by atoms with van der Waals surface area (Å²) >= 11 is 0. The van der Waals surface area contributed by atoms with Crippen LogP contribution in [-0.2, 0) is 19.1 Å². The second kappa shape index (κ2) is 30.8. The molecule has 0 amide bonds. The van der Waals surface area contributed by atoms with Crippen molar-refractivity contribution in [2.75, 3.05) is 13.2 Å². The Hall–Kier alpha value is -2.18. The number of rotatable bonds is 28. The van der Waals surface area contributed by atoms with Gasteiger partial charge in [-0.3, -0.25) is 9.59 Å². The first-order chi connectivity index (χ1) is 20.0. The predicted molar refractivity (Wildman–Crippen MR) is 170 cm³/mol. The molecule has 0 aliphatic heterocycles. The lowest BCUT2D eigenvalue weighted by atomic mass is 10.1. The summed E-state index contributed by atoms with van der Waals surface area (Å²) in [6, 6.07) is 0. The molecule has 0 saturated carbocycles. The van der Waals surface area contributed by atoms with E-state index in [0.29, 0.717) is 19.3 Å². The Balaban J connectivity index is 3.68. The molecule has 0 spiro atoms. The summed E-state index contributed by atoms with van der Waals surface area (Å²) in [6.45, 7) is 4.10. The Morgan fingerprint density at radius 1 is 0.610 bits per heavy atom. The van der Waals surface area contributed by atoms with E-state index >= 15 is 0 Å². The Kier molecular flexibility index (Phi) is 29.1. The molecule has 0 heterocycles. The fourth-order valence-electron chi connectivity index (χ4n) is 4.10. The van der Waals surface area contributed by atoms with Crippen molar-refractivity contribution in [3.63, 3.8) is 0 Å². The van der Waals surface area contributed by atoms with Crippen molar-refractivity contribution in [3.05, 3.63) is 48.6 Å². The van der Waals surface area contributed by atoms with Crippen LogP contribution in [0.5, 0.6) is 0 Å². The van der Waals surface area contributed by atoms with Crippen LogP contribution in [0, 0.1) is 0 Å². The lowest BCUT2D eigenvalue weighted by Gasteiger charge is -2.12. The van der Waals surface area contributed by atoms with Crippen LogP contribution in [0.4, 0.5) is 0 Å². The van der Waals surface area contributed by atoms with E-state index in [1.807, 2.05) is 36.5 Å². The number of aliphatic hydroxyl groups excluding tert-OH is 2. The van der Waals surface area contributed by atoms with Gasteiger partial charge in [-0.25, -0.2) is 0 Å². The van der Waals surface area contributed by atoms with Crippen molar-refractivity contribution < 1.29 is 29.3 Å². The molecule has 0 rings (SSSR count). The molecule has 0 aromatic heterocycles. The molecule has 0 bridgehead atoms. The fraction of sp³-hybridized carbons (Fsp3) is 0.714. The molecule has 6 heteroatoms. The number of esters is 2. The van der Waals surface area contributed by atoms with Crippen molar-refractivity contribution in [2.24, 2.45) is 0 Å². The SMILES string of the molecule is CCCCC/C=C\C[C@@H](O)/C=C/C=C\C/C=C\CCCC(=O)OC[C@H](O)COC(=O)CCCCCCCCCCC. The molecular weight excluding hydrogens is 516 g/mol. The number of carbonyl (C=O) groups excluding carboxylic acids is 2. The fourth-order valence-corrected chi connectivity index (χ4v) is 4.10. The minimum absolute atomic E-state index is 0.149. The topological polar surface area (TPSA) is 93.1 Å². The molecule has 41 heavy (non-hydrogen) atoms. The molecule has 0 aromatic carbocycles. The van der Waals surface area contributed by atoms with Gasteiger partial charge in [0.15, 0.2) is 0 Å². The van der Waals surface area contributed by atoms with Crippen molar-refractivity contribution in [1.82, 2.24) is 0 Å². The third-order valence-corrected chi connectivity index (χ3v) is 6.65. The maximum Gasteiger partial charge on any atom is 0.305 e. The second-order valence-electron chi connectivity index (χ2n) is 10.8. The molecular formula is C35H60O6. The summed E-state index contributed by atoms with van der Waals surface area (Å²) in [4.78, 5) is 23.7. The van der Waals surface area contributed by atoms with Crippen LogP contribution >= 0.6 is 0 Å². The first-order valence-corrected chi connectivity index (χ1v) is 16.3. The van der Waals surface area contributed by atoms with Gasteiger partial charge in [0.2, 0.25) is 0 Å². The van der Waals surface area contributed by atoms with Gasteiger partial charge < -0.3 is 19.7 Å². The lowest BCUT2D eigenvalue weighted by molar-refractivity contribution is -0.152. The number of allylic oxidation sites excluding steroid dienone is 6. The number of aliphatic hydroxyl groups is 2. The molecule has 0 aliphatic carbocycles. The smallest absolute Gasteiger partial charge is 0.305 e. The molecule has 2 N–H and O–H groups in total. The Morgan fingerprint density at radius 2 is 1.15 bits per heavy atom. The van der Waals surface area contributed by atoms with Gasteiger partial charge in [0.25, 0.3) is 0 Å². The van der Waals surface area contributed by atoms with Crippen LogP contribution in [0.1, 0.15) is 136 Å². The van der Waals surface area contributed by atoms with Gasteiger partial charge in [-0.05, 0) is 44.9 Å². The molecule has 236 valence electrons. The number of carbonyl (C=O) groups is 2. The zero-order chi connectivity index (χ0) is 30.2. The first kappa shape index (κ1) is 38.8. The molecule has 0 aliphatic rings. The van der Waals surface area contributed by atoms with Gasteiger partial charge >= 0.3 is 11.9 Å². The van der Waals surface area contributed by atoms with E-state index < -0.39 is 12.2 Å². The number of ether oxygens (including phenoxy) is 2. The third kappa shape index (κ3) is 30.6. The monoisotopic (exact) mass is 576 g/mol. The third-order valence-electron chi connectivity index (χ3n) is 6.65. The van der Waals surface area contributed by atoms with E-state index in [-0.39, 0.29) is 31.6 Å². The van der Waals surface area contributed by atoms with Crippen LogP contribution in [0.3, 0.4) is 0 Å². The molecule has 0 fully saturated rings. The average Bonchev–Trinajstić information content (AvgIpc) is 2.96. The van der Waals surface area contributed by atoms with Crippen LogP contribution in [0.2, 0.25) is 0 Å². The summed E-state index contributed by atoms with van der Waals surface area (Å²) in [7, 11) is 0. The van der Waals surface area contributed by atoms with E-state index in [1.54, 1.807) is 6.08 Å². The minimum atomic E-state index is -1.00. The van der Waals surface area contributed by atoms with E-state index in [2.05, 4.69) is 19.9 Å². The van der Waals surface area contributed by atoms with Crippen molar-refractivity contribution in [1.29, 1.82) is 0 Å². The summed E-state index contributed by atoms with van der Waals surface area (Å²) in [5.41, 5.74) is 0. The molecule has 6 nitrogen and oxygen atoms in total. The summed E-state index contributed by atoms with van der Waals surface area (Å²) < 4.78 is 10.2. The van der Waals surface area contributed by atoms with Crippen LogP contribution in [-0.4, -0.2) is 47.6 Å². The summed E-state index contributed by atoms with van der Waals surface area (Å²) in [5.74, 6) is -0.674. The Morgan fingerprint density at radius 3 is 1.80 bits per heavy atom. The van der Waals surface area contributed by atoms with Crippen molar-refractivity contribution >= 4 is 11.9 Å². The molecule has 0 unspecified atom stereocenters. The molecule has 0 aromatic rings. The van der Waals surface area contributed by atoms with Gasteiger partial charge in [0, 0.05) is 12.8 Å². The molecule has 0 saturated heterocycles. The second-order valence-corrected chi connectivity index (χ2v) is 10.8. The highest BCUT2D eigenvalue weighted by atomic mass is 16.6. The Labute approximate surface area is 251 Å². The zero-order valence-corrected chi connectivity index (χ0v) is 26.2. The molecule has 2 atom stereocenters. The zero-order valence-electron chi connectivity index (χ0n) is 26.2. The highest BCUT2D eigenvalue weighted by Gasteiger charge is 2.11. The summed E-state index contributed by atoms with van der Waals surface area (Å²) in [6.07, 6.45) is 33.4. The van der Waals surface area contributed by atoms with Crippen molar-refractivity contribution in [3.8, 4) is 0 Å². The highest BCUT2D eigenvalue weighted by molar-refractivity contribution is 5.69. The van der Waals surface area contributed by atoms with Gasteiger partial charge in [-0.2, -0.15) is 0 Å². The minimum Gasteiger partial charge on any atom is -0.463 e. The maximum absolute atomic E-state index is 11.9. The quantitative estimate of drug-likeness (QED) is 0.0420. The normalized spacial score (nSPS) is 13.6. The van der Waals surface area contributed by atoms with Gasteiger partial charge in [-0.1, -0.05) is 127 Å². The van der Waals surface area contributed by atoms with E-state index in [9.17, 15) is 19.8 Å². The van der Waals surface area contributed by atoms with Crippen LogP contribution < -0.4 is 0 Å². The lowest BCUT2D eigenvalue weighted by Crippen LogP contribution is -2.25. The highest BCUT2D eigenvalue weighted by Crippen LogP contribution is 2.11. The van der Waals surface area contributed by atoms with Crippen molar-refractivity contribution in [2.45, 2.75) is 148 Å². The summed E-state index contributed by atoms with van der Waals surface area (Å²) in [5, 5.41) is 19.8. The van der Waals surface area contributed by atoms with Crippen LogP contribution in [0.25, 0.3) is 0 Å². The standard InChI is InChI=1S/C35H60O6/c1-3-5-7-9-11-12-16-20-24-28-34(38)40-30-33(37)31-41-35(39)29-25-21-17-14-13-15-19-23-27-32(36)26-22-18-10-8-6-4-2/h14-15,17-19,22-23,27,32-33,36-37H,3-13,16,20-21,24-26,28-31H2,1-2H3/b17-14-,19-15-,22-18-,27-23+/t32-,33-/m1/s1. The van der Waals surface area contributed by atoms with Gasteiger partial charge in [0.05, 0.1) is 6.10 Å². The first-order valence-electron chi connectivity index (χ1n) is 16.3. The average molecular weight is 577 g/mol. The van der Waals surface area contributed by atoms with E-state index in [4.69, 9.17) is 9.47 Å².